The van der Waals surface area contributed by atoms with Crippen molar-refractivity contribution in [1.29, 1.82) is 0 Å². The van der Waals surface area contributed by atoms with E-state index in [4.69, 9.17) is 23.2 Å². The number of hydrogen-bond acceptors (Lipinski definition) is 4. The summed E-state index contributed by atoms with van der Waals surface area (Å²) in [4.78, 5) is 32.2. The fourth-order valence-electron chi connectivity index (χ4n) is 5.87. The minimum Gasteiger partial charge on any atom is -0.369 e. The Kier molecular flexibility index (Phi) is 9.53. The van der Waals surface area contributed by atoms with Gasteiger partial charge in [-0.1, -0.05) is 65.7 Å². The predicted octanol–water partition coefficient (Wildman–Crippen LogP) is 6.96. The molecule has 3 aromatic carbocycles. The predicted molar refractivity (Wildman–Crippen MR) is 169 cm³/mol. The monoisotopic (exact) mass is 592 g/mol. The Balaban J connectivity index is 1.06. The summed E-state index contributed by atoms with van der Waals surface area (Å²) in [5.41, 5.74) is 6.67. The van der Waals surface area contributed by atoms with Crippen LogP contribution < -0.4 is 10.2 Å². The van der Waals surface area contributed by atoms with Crippen LogP contribution in [0.1, 0.15) is 41.0 Å². The van der Waals surface area contributed by atoms with Gasteiger partial charge in [0.2, 0.25) is 0 Å². The number of halogens is 2. The number of urea groups is 1. The van der Waals surface area contributed by atoms with Crippen LogP contribution in [-0.2, 0) is 11.2 Å². The summed E-state index contributed by atoms with van der Waals surface area (Å²) < 4.78 is 0. The Labute approximate surface area is 253 Å². The van der Waals surface area contributed by atoms with Crippen LogP contribution in [0.3, 0.4) is 0 Å². The van der Waals surface area contributed by atoms with E-state index in [9.17, 15) is 9.59 Å². The highest BCUT2D eigenvalue weighted by Gasteiger charge is 2.25. The molecule has 0 bridgehead atoms. The van der Waals surface area contributed by atoms with Gasteiger partial charge in [-0.2, -0.15) is 0 Å². The number of rotatable bonds is 7. The summed E-state index contributed by atoms with van der Waals surface area (Å²) >= 11 is 12.4. The molecule has 2 amide bonds. The Morgan fingerprint density at radius 1 is 0.854 bits per heavy atom. The van der Waals surface area contributed by atoms with Gasteiger partial charge in [0, 0.05) is 51.4 Å². The largest absolute Gasteiger partial charge is 0.369 e. The van der Waals surface area contributed by atoms with Crippen LogP contribution in [0.4, 0.5) is 16.2 Å². The van der Waals surface area contributed by atoms with Crippen LogP contribution in [0, 0.1) is 13.8 Å². The standard InChI is InChI=1S/C33H38Cl2N4O2/c1-23-6-7-24(2)31(20-23)38-18-16-37(17-19-38)22-28(40)21-25-8-10-26(11-9-25)27-12-14-39(15-13-27)33(41)36-32-29(34)4-3-5-30(32)35/h3-11,20,27H,12-19,21-22H2,1-2H3,(H,36,41). The third-order valence-corrected chi connectivity index (χ3v) is 8.94. The SMILES string of the molecule is Cc1ccc(C)c(N2CCN(CC(=O)Cc3ccc(C4CCN(C(=O)Nc5c(Cl)cccc5Cl)CC4)cc3)CC2)c1. The lowest BCUT2D eigenvalue weighted by molar-refractivity contribution is -0.119. The molecular formula is C33H38Cl2N4O2. The smallest absolute Gasteiger partial charge is 0.321 e. The van der Waals surface area contributed by atoms with Crippen molar-refractivity contribution >= 4 is 46.4 Å². The second kappa shape index (κ2) is 13.3. The molecule has 8 heteroatoms. The van der Waals surface area contributed by atoms with Crippen molar-refractivity contribution in [2.24, 2.45) is 0 Å². The third kappa shape index (κ3) is 7.42. The number of aryl methyl sites for hydroxylation is 2. The van der Waals surface area contributed by atoms with Crippen molar-refractivity contribution in [3.05, 3.63) is 93.0 Å². The molecule has 0 saturated carbocycles. The number of Topliss-reactive ketones (excluding diaryl/α,β-unsaturated/α-hetero) is 1. The summed E-state index contributed by atoms with van der Waals surface area (Å²) in [6.45, 7) is 9.82. The van der Waals surface area contributed by atoms with Gasteiger partial charge in [0.05, 0.1) is 22.3 Å². The number of hydrogen-bond donors (Lipinski definition) is 1. The molecule has 2 aliphatic rings. The topological polar surface area (TPSA) is 55.9 Å². The molecule has 5 rings (SSSR count). The van der Waals surface area contributed by atoms with E-state index in [1.165, 1.54) is 22.4 Å². The summed E-state index contributed by atoms with van der Waals surface area (Å²) in [5.74, 6) is 0.650. The van der Waals surface area contributed by atoms with Gasteiger partial charge in [-0.3, -0.25) is 9.69 Å². The van der Waals surface area contributed by atoms with Gasteiger partial charge in [0.25, 0.3) is 0 Å². The fourth-order valence-corrected chi connectivity index (χ4v) is 6.36. The number of piperidine rings is 1. The van der Waals surface area contributed by atoms with E-state index >= 15 is 0 Å². The Bertz CT molecular complexity index is 1360. The first-order valence-corrected chi connectivity index (χ1v) is 15.2. The van der Waals surface area contributed by atoms with Crippen LogP contribution in [0.5, 0.6) is 0 Å². The van der Waals surface area contributed by atoms with E-state index < -0.39 is 0 Å². The number of ketones is 1. The number of nitrogens with one attached hydrogen (secondary N) is 1. The van der Waals surface area contributed by atoms with Crippen LogP contribution in [-0.4, -0.2) is 67.4 Å². The summed E-state index contributed by atoms with van der Waals surface area (Å²) in [6, 6.07) is 20.1. The summed E-state index contributed by atoms with van der Waals surface area (Å²) in [5, 5.41) is 3.71. The summed E-state index contributed by atoms with van der Waals surface area (Å²) in [6.07, 6.45) is 2.23. The molecule has 2 heterocycles. The lowest BCUT2D eigenvalue weighted by Gasteiger charge is -2.36. The molecule has 0 atom stereocenters. The third-order valence-electron chi connectivity index (χ3n) is 8.31. The molecule has 0 aliphatic carbocycles. The maximum absolute atomic E-state index is 12.9. The van der Waals surface area contributed by atoms with Crippen molar-refractivity contribution < 1.29 is 9.59 Å². The van der Waals surface area contributed by atoms with E-state index in [1.54, 1.807) is 18.2 Å². The maximum Gasteiger partial charge on any atom is 0.321 e. The molecule has 0 aromatic heterocycles. The van der Waals surface area contributed by atoms with E-state index in [-0.39, 0.29) is 11.8 Å². The van der Waals surface area contributed by atoms with Gasteiger partial charge in [0.15, 0.2) is 5.78 Å². The normalized spacial score (nSPS) is 16.6. The molecule has 0 unspecified atom stereocenters. The molecule has 1 N–H and O–H groups in total. The first kappa shape index (κ1) is 29.4. The second-order valence-electron chi connectivity index (χ2n) is 11.3. The van der Waals surface area contributed by atoms with Gasteiger partial charge in [-0.05, 0) is 73.1 Å². The van der Waals surface area contributed by atoms with Crippen LogP contribution in [0.25, 0.3) is 0 Å². The number of anilines is 2. The number of amides is 2. The van der Waals surface area contributed by atoms with Crippen LogP contribution in [0.15, 0.2) is 60.7 Å². The number of benzene rings is 3. The Morgan fingerprint density at radius 2 is 1.51 bits per heavy atom. The van der Waals surface area contributed by atoms with Crippen molar-refractivity contribution in [3.63, 3.8) is 0 Å². The fraction of sp³-hybridized carbons (Fsp3) is 0.394. The van der Waals surface area contributed by atoms with Crippen LogP contribution >= 0.6 is 23.2 Å². The van der Waals surface area contributed by atoms with Crippen molar-refractivity contribution in [1.82, 2.24) is 9.80 Å². The molecule has 2 aliphatic heterocycles. The number of nitrogens with zero attached hydrogens (tertiary/aromatic N) is 3. The molecule has 41 heavy (non-hydrogen) atoms. The average molecular weight is 594 g/mol. The van der Waals surface area contributed by atoms with E-state index in [1.807, 2.05) is 4.90 Å². The quantitative estimate of drug-likeness (QED) is 0.322. The highest BCUT2D eigenvalue weighted by atomic mass is 35.5. The highest BCUT2D eigenvalue weighted by molar-refractivity contribution is 6.39. The van der Waals surface area contributed by atoms with Gasteiger partial charge >= 0.3 is 6.03 Å². The number of likely N-dealkylation sites (tertiary alicyclic amines) is 1. The maximum atomic E-state index is 12.9. The minimum atomic E-state index is -0.181. The second-order valence-corrected chi connectivity index (χ2v) is 12.1. The molecule has 2 saturated heterocycles. The van der Waals surface area contributed by atoms with E-state index in [0.29, 0.717) is 47.7 Å². The number of carbonyl (C=O) groups excluding carboxylic acids is 2. The van der Waals surface area contributed by atoms with Gasteiger partial charge < -0.3 is 15.1 Å². The zero-order valence-corrected chi connectivity index (χ0v) is 25.3. The molecular weight excluding hydrogens is 555 g/mol. The Hall–Kier alpha value is -3.06. The minimum absolute atomic E-state index is 0.181. The number of para-hydroxylation sites is 1. The summed E-state index contributed by atoms with van der Waals surface area (Å²) in [7, 11) is 0. The molecule has 0 radical (unpaired) electrons. The lowest BCUT2D eigenvalue weighted by Crippen LogP contribution is -2.48. The number of carbonyl (C=O) groups is 2. The van der Waals surface area contributed by atoms with Gasteiger partial charge in [-0.15, -0.1) is 0 Å². The van der Waals surface area contributed by atoms with E-state index in [0.717, 1.165) is 44.6 Å². The van der Waals surface area contributed by atoms with Crippen LogP contribution in [0.2, 0.25) is 10.0 Å². The Morgan fingerprint density at radius 3 is 2.17 bits per heavy atom. The first-order valence-electron chi connectivity index (χ1n) is 14.4. The zero-order chi connectivity index (χ0) is 28.9. The van der Waals surface area contributed by atoms with Crippen molar-refractivity contribution in [3.8, 4) is 0 Å². The van der Waals surface area contributed by atoms with Crippen molar-refractivity contribution in [2.75, 3.05) is 56.0 Å². The average Bonchev–Trinajstić information content (AvgIpc) is 2.97. The highest BCUT2D eigenvalue weighted by Crippen LogP contribution is 2.32. The molecule has 216 valence electrons. The van der Waals surface area contributed by atoms with Gasteiger partial charge in [0.1, 0.15) is 0 Å². The molecule has 0 spiro atoms. The first-order chi connectivity index (χ1) is 19.8. The molecule has 3 aromatic rings. The van der Waals surface area contributed by atoms with Crippen molar-refractivity contribution in [2.45, 2.75) is 39.0 Å². The van der Waals surface area contributed by atoms with Gasteiger partial charge in [-0.25, -0.2) is 4.79 Å². The van der Waals surface area contributed by atoms with E-state index in [2.05, 4.69) is 71.4 Å². The molecule has 6 nitrogen and oxygen atoms in total. The molecule has 2 fully saturated rings. The lowest BCUT2D eigenvalue weighted by atomic mass is 9.89. The zero-order valence-electron chi connectivity index (χ0n) is 23.8. The number of piperazine rings is 1.